The van der Waals surface area contributed by atoms with E-state index < -0.39 is 22.5 Å². The molecule has 0 aliphatic carbocycles. The van der Waals surface area contributed by atoms with E-state index in [1.165, 1.54) is 11.6 Å². The molecule has 0 radical (unpaired) electrons. The minimum atomic E-state index is -0.765. The summed E-state index contributed by atoms with van der Waals surface area (Å²) in [5, 5.41) is 0. The van der Waals surface area contributed by atoms with E-state index in [-0.39, 0.29) is 11.0 Å². The van der Waals surface area contributed by atoms with Crippen molar-refractivity contribution in [1.29, 1.82) is 0 Å². The molecule has 0 aliphatic rings. The first kappa shape index (κ1) is 14.0. The van der Waals surface area contributed by atoms with E-state index >= 15 is 0 Å². The summed E-state index contributed by atoms with van der Waals surface area (Å²) in [4.78, 5) is 51.6. The van der Waals surface area contributed by atoms with Gasteiger partial charge in [0.15, 0.2) is 0 Å². The Bertz CT molecular complexity index is 868. The van der Waals surface area contributed by atoms with Crippen LogP contribution in [0.25, 0.3) is 11.0 Å². The van der Waals surface area contributed by atoms with Crippen molar-refractivity contribution >= 4 is 11.0 Å². The molecule has 2 N–H and O–H groups in total. The Hall–Kier alpha value is -2.38. The second kappa shape index (κ2) is 5.32. The molecule has 20 heavy (non-hydrogen) atoms. The van der Waals surface area contributed by atoms with E-state index in [9.17, 15) is 19.2 Å². The average Bonchev–Trinajstić information content (AvgIpc) is 2.40. The SMILES string of the molecule is CCCCCn1c(=O)n(C)c(=O)c2[nH]c(=O)[nH]c(=O)c21. The second-order valence-corrected chi connectivity index (χ2v) is 4.64. The van der Waals surface area contributed by atoms with Gasteiger partial charge in [-0.2, -0.15) is 0 Å². The molecule has 2 aromatic heterocycles. The molecule has 0 saturated heterocycles. The van der Waals surface area contributed by atoms with Gasteiger partial charge >= 0.3 is 11.4 Å². The minimum absolute atomic E-state index is 0.0752. The number of hydrogen-bond acceptors (Lipinski definition) is 4. The fraction of sp³-hybridized carbons (Fsp3) is 0.500. The number of rotatable bonds is 4. The van der Waals surface area contributed by atoms with Gasteiger partial charge < -0.3 is 4.98 Å². The van der Waals surface area contributed by atoms with Crippen LogP contribution in [0.4, 0.5) is 0 Å². The maximum Gasteiger partial charge on any atom is 0.331 e. The fourth-order valence-electron chi connectivity index (χ4n) is 2.15. The lowest BCUT2D eigenvalue weighted by atomic mass is 10.2. The maximum atomic E-state index is 12.1. The molecule has 0 fully saturated rings. The van der Waals surface area contributed by atoms with Gasteiger partial charge in [0.05, 0.1) is 0 Å². The van der Waals surface area contributed by atoms with Gasteiger partial charge in [0.2, 0.25) is 0 Å². The minimum Gasteiger partial charge on any atom is -0.301 e. The highest BCUT2D eigenvalue weighted by Crippen LogP contribution is 2.01. The monoisotopic (exact) mass is 280 g/mol. The van der Waals surface area contributed by atoms with Crippen molar-refractivity contribution in [2.45, 2.75) is 32.7 Å². The maximum absolute atomic E-state index is 12.1. The van der Waals surface area contributed by atoms with Crippen molar-refractivity contribution in [3.8, 4) is 0 Å². The van der Waals surface area contributed by atoms with Crippen LogP contribution in [0.1, 0.15) is 26.2 Å². The number of aryl methyl sites for hydroxylation is 1. The normalized spacial score (nSPS) is 11.1. The van der Waals surface area contributed by atoms with Crippen LogP contribution < -0.4 is 22.5 Å². The number of H-pyrrole nitrogens is 2. The average molecular weight is 280 g/mol. The third-order valence-corrected chi connectivity index (χ3v) is 3.21. The van der Waals surface area contributed by atoms with Gasteiger partial charge in [0.25, 0.3) is 11.1 Å². The molecule has 0 aromatic carbocycles. The van der Waals surface area contributed by atoms with E-state index in [1.807, 2.05) is 11.9 Å². The van der Waals surface area contributed by atoms with Crippen LogP contribution in [-0.2, 0) is 13.6 Å². The van der Waals surface area contributed by atoms with Crippen LogP contribution in [0, 0.1) is 0 Å². The first-order chi connectivity index (χ1) is 9.47. The summed E-state index contributed by atoms with van der Waals surface area (Å²) in [7, 11) is 1.32. The van der Waals surface area contributed by atoms with Gasteiger partial charge in [0.1, 0.15) is 11.0 Å². The van der Waals surface area contributed by atoms with Crippen molar-refractivity contribution in [2.24, 2.45) is 7.05 Å². The molecule has 2 aromatic rings. The fourth-order valence-corrected chi connectivity index (χ4v) is 2.15. The van der Waals surface area contributed by atoms with Crippen molar-refractivity contribution in [2.75, 3.05) is 0 Å². The van der Waals surface area contributed by atoms with Crippen LogP contribution in [0.2, 0.25) is 0 Å². The zero-order valence-electron chi connectivity index (χ0n) is 11.4. The molecule has 8 nitrogen and oxygen atoms in total. The summed E-state index contributed by atoms with van der Waals surface area (Å²) in [6, 6.07) is 0. The van der Waals surface area contributed by atoms with Gasteiger partial charge in [-0.15, -0.1) is 0 Å². The number of nitrogens with one attached hydrogen (secondary N) is 2. The molecule has 0 atom stereocenters. The van der Waals surface area contributed by atoms with E-state index in [4.69, 9.17) is 0 Å². The summed E-state index contributed by atoms with van der Waals surface area (Å²) >= 11 is 0. The number of unbranched alkanes of at least 4 members (excludes halogenated alkanes) is 2. The number of hydrogen-bond donors (Lipinski definition) is 2. The second-order valence-electron chi connectivity index (χ2n) is 4.64. The third-order valence-electron chi connectivity index (χ3n) is 3.21. The number of aromatic nitrogens is 4. The van der Waals surface area contributed by atoms with Gasteiger partial charge in [-0.1, -0.05) is 19.8 Å². The first-order valence-corrected chi connectivity index (χ1v) is 6.43. The van der Waals surface area contributed by atoms with Crippen molar-refractivity contribution in [3.05, 3.63) is 41.7 Å². The zero-order valence-corrected chi connectivity index (χ0v) is 11.4. The molecule has 0 saturated carbocycles. The summed E-state index contributed by atoms with van der Waals surface area (Å²) in [5.41, 5.74) is -2.95. The van der Waals surface area contributed by atoms with Crippen LogP contribution in [0.15, 0.2) is 19.2 Å². The van der Waals surface area contributed by atoms with Gasteiger partial charge in [-0.05, 0) is 6.42 Å². The largest absolute Gasteiger partial charge is 0.331 e. The standard InChI is InChI=1S/C12H16N4O4/c1-3-4-5-6-16-8-7(10(18)15(2)12(16)20)13-11(19)14-9(8)17/h3-6H2,1-2H3,(H2,13,14,17,19). The lowest BCUT2D eigenvalue weighted by Crippen LogP contribution is -2.42. The van der Waals surface area contributed by atoms with Gasteiger partial charge in [0, 0.05) is 13.6 Å². The number of aromatic amines is 2. The van der Waals surface area contributed by atoms with E-state index in [0.29, 0.717) is 13.0 Å². The van der Waals surface area contributed by atoms with Gasteiger partial charge in [-0.3, -0.25) is 23.7 Å². The Kier molecular flexibility index (Phi) is 3.73. The molecule has 2 heterocycles. The Labute approximate surface area is 112 Å². The van der Waals surface area contributed by atoms with Crippen LogP contribution in [-0.4, -0.2) is 19.1 Å². The third kappa shape index (κ3) is 2.24. The Morgan fingerprint density at radius 3 is 2.40 bits per heavy atom. The highest BCUT2D eigenvalue weighted by atomic mass is 16.2. The van der Waals surface area contributed by atoms with Crippen LogP contribution >= 0.6 is 0 Å². The van der Waals surface area contributed by atoms with E-state index in [2.05, 4.69) is 4.98 Å². The van der Waals surface area contributed by atoms with Crippen molar-refractivity contribution < 1.29 is 0 Å². The number of nitrogens with zero attached hydrogens (tertiary/aromatic N) is 2. The highest BCUT2D eigenvalue weighted by molar-refractivity contribution is 5.71. The molecule has 2 rings (SSSR count). The predicted octanol–water partition coefficient (Wildman–Crippen LogP) is -0.733. The quantitative estimate of drug-likeness (QED) is 0.719. The Morgan fingerprint density at radius 1 is 1.05 bits per heavy atom. The van der Waals surface area contributed by atoms with E-state index in [0.717, 1.165) is 17.4 Å². The highest BCUT2D eigenvalue weighted by Gasteiger charge is 2.14. The molecule has 0 unspecified atom stereocenters. The molecule has 0 spiro atoms. The summed E-state index contributed by atoms with van der Waals surface area (Å²) in [5.74, 6) is 0. The Morgan fingerprint density at radius 2 is 1.75 bits per heavy atom. The van der Waals surface area contributed by atoms with Crippen molar-refractivity contribution in [3.63, 3.8) is 0 Å². The van der Waals surface area contributed by atoms with E-state index in [1.54, 1.807) is 0 Å². The topological polar surface area (TPSA) is 110 Å². The molecule has 8 heteroatoms. The molecule has 108 valence electrons. The smallest absolute Gasteiger partial charge is 0.301 e. The molecular formula is C12H16N4O4. The predicted molar refractivity (Wildman–Crippen MR) is 74.2 cm³/mol. The lowest BCUT2D eigenvalue weighted by molar-refractivity contribution is 0.566. The number of fused-ring (bicyclic) bond motifs is 1. The molecule has 0 bridgehead atoms. The molecule has 0 amide bonds. The molecule has 0 aliphatic heterocycles. The van der Waals surface area contributed by atoms with Crippen LogP contribution in [0.5, 0.6) is 0 Å². The first-order valence-electron chi connectivity index (χ1n) is 6.43. The lowest BCUT2D eigenvalue weighted by Gasteiger charge is -2.10. The Balaban J connectivity index is 2.85. The summed E-state index contributed by atoms with van der Waals surface area (Å²) in [6.45, 7) is 2.35. The van der Waals surface area contributed by atoms with Crippen LogP contribution in [0.3, 0.4) is 0 Å². The van der Waals surface area contributed by atoms with Gasteiger partial charge in [-0.25, -0.2) is 9.59 Å². The zero-order chi connectivity index (χ0) is 14.9. The molecular weight excluding hydrogens is 264 g/mol. The summed E-state index contributed by atoms with van der Waals surface area (Å²) in [6.07, 6.45) is 2.58. The summed E-state index contributed by atoms with van der Waals surface area (Å²) < 4.78 is 2.13. The van der Waals surface area contributed by atoms with Crippen molar-refractivity contribution in [1.82, 2.24) is 19.1 Å².